The summed E-state index contributed by atoms with van der Waals surface area (Å²) in [6.07, 6.45) is 8.61. The number of carbonyl (C=O) groups is 3. The normalized spacial score (nSPS) is 19.6. The molecule has 2 aliphatic heterocycles. The quantitative estimate of drug-likeness (QED) is 0.0347. The SMILES string of the molecule is COC(=O)C1([C@H](C(=O)N2CCC[C@H]2c2ncc(-c3cc(F)c(/C(C)=C/c4cc(-c5cnc([C@@H]6CCCN6C(=O)[C@@H](NC(O)OC)C(C)C)[nH]5)ccc4C)c(O[C@H](C)c4cc(C(C)C)no4)c3)[nH]2)C(C)C)CCC1. The number of hydrogen-bond donors (Lipinski definition) is 4. The number of imidazole rings is 2. The second kappa shape index (κ2) is 22.1. The van der Waals surface area contributed by atoms with Crippen molar-refractivity contribution in [1.82, 2.24) is 40.2 Å². The van der Waals surface area contributed by atoms with Crippen molar-refractivity contribution in [2.24, 2.45) is 23.2 Å². The van der Waals surface area contributed by atoms with E-state index < -0.39 is 35.7 Å². The van der Waals surface area contributed by atoms with Crippen molar-refractivity contribution in [1.29, 1.82) is 0 Å². The molecule has 73 heavy (non-hydrogen) atoms. The average molecular weight is 1010 g/mol. The number of H-pyrrole nitrogens is 2. The number of methoxy groups -OCH3 is 2. The topological polar surface area (TPSA) is 201 Å². The number of likely N-dealkylation sites (tertiary alicyclic amines) is 2. The van der Waals surface area contributed by atoms with Crippen molar-refractivity contribution >= 4 is 29.4 Å². The van der Waals surface area contributed by atoms with Crippen LogP contribution in [0.1, 0.15) is 164 Å². The van der Waals surface area contributed by atoms with Crippen LogP contribution in [0.5, 0.6) is 5.75 Å². The van der Waals surface area contributed by atoms with Crippen molar-refractivity contribution in [3.05, 3.63) is 94.4 Å². The Hall–Kier alpha value is -6.17. The lowest BCUT2D eigenvalue weighted by Crippen LogP contribution is -2.54. The number of nitrogens with zero attached hydrogens (tertiary/aromatic N) is 5. The van der Waals surface area contributed by atoms with Gasteiger partial charge in [-0.25, -0.2) is 14.4 Å². The fourth-order valence-electron chi connectivity index (χ4n) is 11.1. The summed E-state index contributed by atoms with van der Waals surface area (Å²) in [4.78, 5) is 61.7. The van der Waals surface area contributed by atoms with E-state index >= 15 is 4.39 Å². The van der Waals surface area contributed by atoms with E-state index in [0.29, 0.717) is 66.6 Å². The van der Waals surface area contributed by atoms with Crippen LogP contribution in [0.4, 0.5) is 4.39 Å². The number of ether oxygens (including phenoxy) is 3. The van der Waals surface area contributed by atoms with Crippen LogP contribution < -0.4 is 10.1 Å². The van der Waals surface area contributed by atoms with Gasteiger partial charge in [0.2, 0.25) is 18.2 Å². The van der Waals surface area contributed by atoms with Gasteiger partial charge >= 0.3 is 5.97 Å². The van der Waals surface area contributed by atoms with Gasteiger partial charge in [-0.1, -0.05) is 71.3 Å². The maximum atomic E-state index is 17.1. The van der Waals surface area contributed by atoms with Crippen LogP contribution in [-0.4, -0.2) is 97.5 Å². The molecule has 2 saturated heterocycles. The number of aliphatic hydroxyl groups excluding tert-OH is 1. The highest BCUT2D eigenvalue weighted by Crippen LogP contribution is 2.52. The largest absolute Gasteiger partial charge is 0.482 e. The summed E-state index contributed by atoms with van der Waals surface area (Å²) in [6.45, 7) is 18.7. The molecule has 5 aromatic rings. The average Bonchev–Trinajstić information content (AvgIpc) is 4.21. The number of amides is 2. The number of aliphatic hydroxyl groups is 1. The first-order valence-electron chi connectivity index (χ1n) is 25.9. The minimum Gasteiger partial charge on any atom is -0.482 e. The molecule has 5 heterocycles. The second-order valence-electron chi connectivity index (χ2n) is 21.2. The predicted molar refractivity (Wildman–Crippen MR) is 275 cm³/mol. The Labute approximate surface area is 427 Å². The zero-order chi connectivity index (χ0) is 52.5. The van der Waals surface area contributed by atoms with Crippen LogP contribution in [0.25, 0.3) is 34.2 Å². The molecule has 0 spiro atoms. The summed E-state index contributed by atoms with van der Waals surface area (Å²) >= 11 is 0. The van der Waals surface area contributed by atoms with E-state index in [9.17, 15) is 19.5 Å². The molecule has 6 atom stereocenters. The summed E-state index contributed by atoms with van der Waals surface area (Å²) in [6, 6.07) is 9.92. The van der Waals surface area contributed by atoms with Crippen molar-refractivity contribution in [3.8, 4) is 28.3 Å². The van der Waals surface area contributed by atoms with Gasteiger partial charge < -0.3 is 43.6 Å². The molecule has 3 aromatic heterocycles. The van der Waals surface area contributed by atoms with Gasteiger partial charge in [0, 0.05) is 37.4 Å². The molecule has 4 N–H and O–H groups in total. The van der Waals surface area contributed by atoms with Gasteiger partial charge in [0.15, 0.2) is 11.9 Å². The van der Waals surface area contributed by atoms with E-state index in [0.717, 1.165) is 53.8 Å². The molecule has 16 nitrogen and oxygen atoms in total. The van der Waals surface area contributed by atoms with Crippen molar-refractivity contribution in [3.63, 3.8) is 0 Å². The van der Waals surface area contributed by atoms with Crippen LogP contribution >= 0.6 is 0 Å². The molecule has 3 fully saturated rings. The van der Waals surface area contributed by atoms with Gasteiger partial charge in [-0.15, -0.1) is 0 Å². The van der Waals surface area contributed by atoms with Crippen molar-refractivity contribution < 1.29 is 42.6 Å². The first-order valence-corrected chi connectivity index (χ1v) is 25.9. The Morgan fingerprint density at radius 3 is 2.04 bits per heavy atom. The summed E-state index contributed by atoms with van der Waals surface area (Å²) in [7, 11) is 2.77. The third-order valence-electron chi connectivity index (χ3n) is 15.3. The molecule has 2 amide bonds. The predicted octanol–water partition coefficient (Wildman–Crippen LogP) is 10.2. The van der Waals surface area contributed by atoms with Gasteiger partial charge in [-0.3, -0.25) is 19.7 Å². The van der Waals surface area contributed by atoms with E-state index in [1.54, 1.807) is 18.5 Å². The lowest BCUT2D eigenvalue weighted by atomic mass is 9.57. The van der Waals surface area contributed by atoms with E-state index in [-0.39, 0.29) is 58.9 Å². The van der Waals surface area contributed by atoms with Crippen molar-refractivity contribution in [2.45, 2.75) is 144 Å². The third-order valence-corrected chi connectivity index (χ3v) is 15.3. The maximum Gasteiger partial charge on any atom is 0.312 e. The van der Waals surface area contributed by atoms with Crippen LogP contribution in [0.2, 0.25) is 0 Å². The van der Waals surface area contributed by atoms with Gasteiger partial charge in [0.05, 0.1) is 71.6 Å². The number of allylic oxidation sites excluding steroid dienone is 1. The molecule has 1 saturated carbocycles. The number of carbonyl (C=O) groups excluding carboxylic acids is 3. The number of hydrogen-bond acceptors (Lipinski definition) is 12. The minimum absolute atomic E-state index is 0.0651. The molecule has 3 aliphatic rings. The molecule has 392 valence electrons. The molecule has 0 radical (unpaired) electrons. The zero-order valence-electron chi connectivity index (χ0n) is 44.2. The summed E-state index contributed by atoms with van der Waals surface area (Å²) < 4.78 is 39.8. The first-order chi connectivity index (χ1) is 34.8. The molecular formula is C56H73FN8O8. The van der Waals surface area contributed by atoms with Crippen LogP contribution in [-0.2, 0) is 23.9 Å². The highest BCUT2D eigenvalue weighted by Gasteiger charge is 2.56. The Balaban J connectivity index is 1.09. The standard InChI is InChI=1S/C56H73FN8O8/c1-30(2)40-27-45(73-63-40)35(9)72-46-26-38(42-29-59-50(61-42)43-15-12-21-64(43)52(66)48(31(3)4)56(19-14-20-56)54(68)70-10)25-39(57)47(46)34(8)23-37-24-36(18-17-33(37)7)41-28-58-51(60-41)44-16-13-22-65(44)53(67)49(32(5)6)62-55(69)71-11/h17-18,23-32,35,43-44,48-49,55,62,69H,12-16,19-22H2,1-11H3,(H,58,60)(H,59,61)/b34-23+/t35-,43+,44+,48+,49+,55?/m1/s1. The second-order valence-corrected chi connectivity index (χ2v) is 21.2. The van der Waals surface area contributed by atoms with Gasteiger partial charge in [0.25, 0.3) is 0 Å². The van der Waals surface area contributed by atoms with Crippen LogP contribution in [0.15, 0.2) is 53.3 Å². The maximum absolute atomic E-state index is 17.1. The Kier molecular flexibility index (Phi) is 16.1. The number of halogens is 1. The van der Waals surface area contributed by atoms with Crippen molar-refractivity contribution in [2.75, 3.05) is 27.3 Å². The van der Waals surface area contributed by atoms with Gasteiger partial charge in [-0.05, 0) is 112 Å². The number of nitrogens with one attached hydrogen (secondary N) is 3. The van der Waals surface area contributed by atoms with E-state index in [4.69, 9.17) is 28.7 Å². The number of rotatable bonds is 19. The Morgan fingerprint density at radius 2 is 1.49 bits per heavy atom. The molecule has 1 unspecified atom stereocenters. The molecule has 0 bridgehead atoms. The Bertz CT molecular complexity index is 2810. The molecule has 8 rings (SSSR count). The number of aromatic amines is 2. The molecule has 17 heteroatoms. The summed E-state index contributed by atoms with van der Waals surface area (Å²) in [5.41, 5.74) is 5.35. The zero-order valence-corrected chi connectivity index (χ0v) is 44.2. The minimum atomic E-state index is -1.27. The monoisotopic (exact) mass is 1000 g/mol. The highest BCUT2D eigenvalue weighted by molar-refractivity contribution is 5.90. The number of aryl methyl sites for hydroxylation is 1. The molecule has 2 aromatic carbocycles. The van der Waals surface area contributed by atoms with E-state index in [1.807, 2.05) is 102 Å². The summed E-state index contributed by atoms with van der Waals surface area (Å²) in [5, 5.41) is 17.3. The van der Waals surface area contributed by atoms with Gasteiger partial charge in [-0.2, -0.15) is 0 Å². The van der Waals surface area contributed by atoms with E-state index in [1.165, 1.54) is 20.3 Å². The van der Waals surface area contributed by atoms with Crippen LogP contribution in [0.3, 0.4) is 0 Å². The van der Waals surface area contributed by atoms with E-state index in [2.05, 4.69) is 20.4 Å². The van der Waals surface area contributed by atoms with Crippen LogP contribution in [0, 0.1) is 35.9 Å². The number of aromatic nitrogens is 5. The first kappa shape index (κ1) is 53.1. The third kappa shape index (κ3) is 10.8. The highest BCUT2D eigenvalue weighted by atomic mass is 19.1. The molecule has 1 aliphatic carbocycles. The van der Waals surface area contributed by atoms with Gasteiger partial charge in [0.1, 0.15) is 23.2 Å². The smallest absolute Gasteiger partial charge is 0.312 e. The fraction of sp³-hybridized carbons (Fsp3) is 0.536. The lowest BCUT2D eigenvalue weighted by Gasteiger charge is -2.47. The lowest BCUT2D eigenvalue weighted by molar-refractivity contribution is -0.173. The summed E-state index contributed by atoms with van der Waals surface area (Å²) in [5.74, 6) is 0.462. The number of benzene rings is 2. The number of esters is 1. The molecular weight excluding hydrogens is 932 g/mol. The fourth-order valence-corrected chi connectivity index (χ4v) is 11.1. The Morgan fingerprint density at radius 1 is 0.863 bits per heavy atom.